The monoisotopic (exact) mass is 275 g/mol. The Kier molecular flexibility index (Phi) is 3.28. The van der Waals surface area contributed by atoms with Crippen LogP contribution in [-0.4, -0.2) is 12.2 Å². The smallest absolute Gasteiger partial charge is 0.387 e. The summed E-state index contributed by atoms with van der Waals surface area (Å²) in [6.07, 6.45) is 1.75. The first-order valence-electron chi connectivity index (χ1n) is 5.80. The second-order valence-electron chi connectivity index (χ2n) is 5.30. The third-order valence-electron chi connectivity index (χ3n) is 3.86. The maximum Gasteiger partial charge on any atom is 0.387 e. The van der Waals surface area contributed by atoms with Crippen molar-refractivity contribution < 1.29 is 13.5 Å². The number of hydrogen-bond acceptors (Lipinski definition) is 2. The van der Waals surface area contributed by atoms with Crippen LogP contribution in [-0.2, 0) is 5.41 Å². The number of alkyl halides is 2. The molecule has 1 aliphatic carbocycles. The highest BCUT2D eigenvalue weighted by Gasteiger charge is 2.53. The summed E-state index contributed by atoms with van der Waals surface area (Å²) in [7, 11) is 0. The first kappa shape index (κ1) is 13.6. The van der Waals surface area contributed by atoms with Crippen LogP contribution >= 0.6 is 11.6 Å². The Hall–Kier alpha value is -0.870. The Bertz CT molecular complexity index is 458. The molecule has 0 bridgehead atoms. The number of ether oxygens (including phenoxy) is 1. The maximum atomic E-state index is 12.4. The fourth-order valence-electron chi connectivity index (χ4n) is 2.22. The molecule has 2 rings (SSSR count). The Balaban J connectivity index is 2.44. The third-order valence-corrected chi connectivity index (χ3v) is 4.10. The minimum atomic E-state index is -2.85. The molecule has 18 heavy (non-hydrogen) atoms. The molecule has 0 amide bonds. The van der Waals surface area contributed by atoms with Crippen LogP contribution in [0.25, 0.3) is 0 Å². The molecule has 2 N–H and O–H groups in total. The van der Waals surface area contributed by atoms with E-state index in [1.54, 1.807) is 6.07 Å². The van der Waals surface area contributed by atoms with Crippen molar-refractivity contribution in [2.75, 3.05) is 0 Å². The molecule has 5 heteroatoms. The molecule has 100 valence electrons. The minimum absolute atomic E-state index is 0.149. The van der Waals surface area contributed by atoms with Gasteiger partial charge >= 0.3 is 6.61 Å². The highest BCUT2D eigenvalue weighted by molar-refractivity contribution is 6.30. The largest absolute Gasteiger partial charge is 0.435 e. The molecule has 1 aromatic carbocycles. The molecule has 2 nitrogen and oxygen atoms in total. The molecule has 1 aromatic rings. The summed E-state index contributed by atoms with van der Waals surface area (Å²) in [6, 6.07) is 4.67. The molecule has 0 heterocycles. The molecule has 0 spiro atoms. The van der Waals surface area contributed by atoms with E-state index in [-0.39, 0.29) is 11.3 Å². The van der Waals surface area contributed by atoms with E-state index >= 15 is 0 Å². The third kappa shape index (κ3) is 2.31. The van der Waals surface area contributed by atoms with Crippen LogP contribution < -0.4 is 10.5 Å². The van der Waals surface area contributed by atoms with Gasteiger partial charge in [-0.05, 0) is 31.0 Å². The Labute approximate surface area is 110 Å². The Morgan fingerprint density at radius 2 is 2.00 bits per heavy atom. The predicted molar refractivity (Wildman–Crippen MR) is 67.3 cm³/mol. The first-order valence-corrected chi connectivity index (χ1v) is 6.18. The fraction of sp³-hybridized carbons (Fsp3) is 0.538. The average Bonchev–Trinajstić information content (AvgIpc) is 3.00. The fourth-order valence-corrected chi connectivity index (χ4v) is 2.39. The number of halogens is 3. The topological polar surface area (TPSA) is 35.2 Å². The standard InChI is InChI=1S/C13H16ClF2NO/c1-12(2,13(17)5-6-13)9-7-8(14)3-4-10(9)18-11(15)16/h3-4,7,11H,5-6,17H2,1-2H3. The summed E-state index contributed by atoms with van der Waals surface area (Å²) >= 11 is 5.95. The van der Waals surface area contributed by atoms with E-state index < -0.39 is 12.0 Å². The van der Waals surface area contributed by atoms with Crippen molar-refractivity contribution in [3.05, 3.63) is 28.8 Å². The van der Waals surface area contributed by atoms with E-state index in [2.05, 4.69) is 4.74 Å². The van der Waals surface area contributed by atoms with Gasteiger partial charge in [0.2, 0.25) is 0 Å². The number of nitrogens with two attached hydrogens (primary N) is 1. The van der Waals surface area contributed by atoms with E-state index in [0.717, 1.165) is 12.8 Å². The van der Waals surface area contributed by atoms with Gasteiger partial charge in [0.1, 0.15) is 5.75 Å². The summed E-state index contributed by atoms with van der Waals surface area (Å²) in [6.45, 7) is 1.02. The van der Waals surface area contributed by atoms with Gasteiger partial charge in [-0.3, -0.25) is 0 Å². The van der Waals surface area contributed by atoms with Crippen molar-refractivity contribution in [2.45, 2.75) is 44.3 Å². The van der Waals surface area contributed by atoms with Gasteiger partial charge in [-0.15, -0.1) is 0 Å². The second kappa shape index (κ2) is 4.35. The van der Waals surface area contributed by atoms with E-state index in [9.17, 15) is 8.78 Å². The van der Waals surface area contributed by atoms with Gasteiger partial charge in [0.25, 0.3) is 0 Å². The zero-order valence-corrected chi connectivity index (χ0v) is 11.1. The second-order valence-corrected chi connectivity index (χ2v) is 5.74. The highest BCUT2D eigenvalue weighted by atomic mass is 35.5. The van der Waals surface area contributed by atoms with Crippen molar-refractivity contribution in [1.82, 2.24) is 0 Å². The van der Waals surface area contributed by atoms with Crippen LogP contribution in [0.1, 0.15) is 32.3 Å². The Morgan fingerprint density at radius 3 is 2.50 bits per heavy atom. The lowest BCUT2D eigenvalue weighted by Gasteiger charge is -2.34. The molecular weight excluding hydrogens is 260 g/mol. The van der Waals surface area contributed by atoms with E-state index in [4.69, 9.17) is 17.3 Å². The van der Waals surface area contributed by atoms with Crippen molar-refractivity contribution in [1.29, 1.82) is 0 Å². The molecule has 0 saturated heterocycles. The molecule has 1 saturated carbocycles. The molecule has 0 aliphatic heterocycles. The molecule has 0 atom stereocenters. The van der Waals surface area contributed by atoms with Crippen LogP contribution in [0.5, 0.6) is 5.75 Å². The summed E-state index contributed by atoms with van der Waals surface area (Å²) in [4.78, 5) is 0. The first-order chi connectivity index (χ1) is 8.26. The van der Waals surface area contributed by atoms with Gasteiger partial charge in [-0.1, -0.05) is 25.4 Å². The highest BCUT2D eigenvalue weighted by Crippen LogP contribution is 2.51. The molecule has 0 unspecified atom stereocenters. The molecule has 1 aliphatic rings. The number of rotatable bonds is 4. The van der Waals surface area contributed by atoms with Crippen LogP contribution in [0.15, 0.2) is 18.2 Å². The lowest BCUT2D eigenvalue weighted by atomic mass is 9.75. The van der Waals surface area contributed by atoms with Crippen LogP contribution in [0.4, 0.5) is 8.78 Å². The lowest BCUT2D eigenvalue weighted by Crippen LogP contribution is -2.43. The van der Waals surface area contributed by atoms with Crippen molar-refractivity contribution in [3.63, 3.8) is 0 Å². The van der Waals surface area contributed by atoms with Gasteiger partial charge in [0, 0.05) is 21.5 Å². The zero-order chi connectivity index (χ0) is 13.6. The van der Waals surface area contributed by atoms with Crippen molar-refractivity contribution in [3.8, 4) is 5.75 Å². The van der Waals surface area contributed by atoms with E-state index in [0.29, 0.717) is 10.6 Å². The number of hydrogen-bond donors (Lipinski definition) is 1. The molecule has 1 fully saturated rings. The van der Waals surface area contributed by atoms with Crippen LogP contribution in [0.3, 0.4) is 0 Å². The number of benzene rings is 1. The zero-order valence-electron chi connectivity index (χ0n) is 10.3. The van der Waals surface area contributed by atoms with E-state index in [1.807, 2.05) is 13.8 Å². The quantitative estimate of drug-likeness (QED) is 0.909. The summed E-state index contributed by atoms with van der Waals surface area (Å²) < 4.78 is 29.4. The van der Waals surface area contributed by atoms with Gasteiger partial charge in [-0.2, -0.15) is 8.78 Å². The van der Waals surface area contributed by atoms with Gasteiger partial charge in [0.15, 0.2) is 0 Å². The summed E-state index contributed by atoms with van der Waals surface area (Å²) in [5, 5.41) is 0.490. The predicted octanol–water partition coefficient (Wildman–Crippen LogP) is 3.71. The average molecular weight is 276 g/mol. The lowest BCUT2D eigenvalue weighted by molar-refractivity contribution is -0.0511. The SMILES string of the molecule is CC(C)(c1cc(Cl)ccc1OC(F)F)C1(N)CC1. The summed E-state index contributed by atoms with van der Waals surface area (Å²) in [5.74, 6) is 0.149. The van der Waals surface area contributed by atoms with Gasteiger partial charge in [0.05, 0.1) is 0 Å². The maximum absolute atomic E-state index is 12.4. The normalized spacial score (nSPS) is 17.9. The molecule has 0 radical (unpaired) electrons. The van der Waals surface area contributed by atoms with Gasteiger partial charge < -0.3 is 10.5 Å². The Morgan fingerprint density at radius 1 is 1.39 bits per heavy atom. The van der Waals surface area contributed by atoms with Crippen LogP contribution in [0, 0.1) is 0 Å². The van der Waals surface area contributed by atoms with Crippen LogP contribution in [0.2, 0.25) is 5.02 Å². The van der Waals surface area contributed by atoms with E-state index in [1.165, 1.54) is 12.1 Å². The van der Waals surface area contributed by atoms with Crippen molar-refractivity contribution >= 4 is 11.6 Å². The molecular formula is C13H16ClF2NO. The molecule has 0 aromatic heterocycles. The summed E-state index contributed by atoms with van der Waals surface area (Å²) in [5.41, 5.74) is 6.04. The van der Waals surface area contributed by atoms with Gasteiger partial charge in [-0.25, -0.2) is 0 Å². The van der Waals surface area contributed by atoms with Crippen molar-refractivity contribution in [2.24, 2.45) is 5.73 Å². The minimum Gasteiger partial charge on any atom is -0.435 e.